The molecule has 0 unspecified atom stereocenters. The lowest BCUT2D eigenvalue weighted by atomic mass is 10.0. The van der Waals surface area contributed by atoms with Crippen molar-refractivity contribution in [1.29, 1.82) is 0 Å². The third kappa shape index (κ3) is 3.96. The van der Waals surface area contributed by atoms with Crippen LogP contribution in [0.25, 0.3) is 21.5 Å². The molecular weight excluding hydrogens is 360 g/mol. The van der Waals surface area contributed by atoms with E-state index in [-0.39, 0.29) is 13.2 Å². The van der Waals surface area contributed by atoms with Gasteiger partial charge in [-0.15, -0.1) is 0 Å². The lowest BCUT2D eigenvalue weighted by Gasteiger charge is -2.15. The highest BCUT2D eigenvalue weighted by Crippen LogP contribution is 2.42. The molecule has 3 aromatic rings. The second-order valence-electron chi connectivity index (χ2n) is 5.65. The van der Waals surface area contributed by atoms with E-state index in [9.17, 15) is 9.59 Å². The van der Waals surface area contributed by atoms with Crippen molar-refractivity contribution in [1.82, 2.24) is 0 Å². The van der Waals surface area contributed by atoms with Crippen LogP contribution in [0.4, 0.5) is 9.59 Å². The van der Waals surface area contributed by atoms with Crippen molar-refractivity contribution in [3.8, 4) is 11.5 Å². The zero-order valence-electron chi connectivity index (χ0n) is 15.1. The Kier molecular flexibility index (Phi) is 5.91. The first-order valence-electron chi connectivity index (χ1n) is 8.50. The zero-order chi connectivity index (χ0) is 19.9. The molecule has 0 saturated carbocycles. The molecule has 0 fully saturated rings. The van der Waals surface area contributed by atoms with Gasteiger partial charge in [-0.05, 0) is 0 Å². The average molecular weight is 378 g/mol. The Morgan fingerprint density at radius 1 is 0.679 bits per heavy atom. The van der Waals surface area contributed by atoms with Gasteiger partial charge in [-0.2, -0.15) is 0 Å². The lowest BCUT2D eigenvalue weighted by molar-refractivity contribution is 0.109. The minimum atomic E-state index is -0.853. The maximum absolute atomic E-state index is 12.0. The largest absolute Gasteiger partial charge is 0.514 e. The van der Waals surface area contributed by atoms with Crippen LogP contribution in [0.2, 0.25) is 0 Å². The summed E-state index contributed by atoms with van der Waals surface area (Å²) in [5.41, 5.74) is 0. The molecule has 0 aliphatic carbocycles. The van der Waals surface area contributed by atoms with E-state index < -0.39 is 12.3 Å². The molecule has 28 heavy (non-hydrogen) atoms. The average Bonchev–Trinajstić information content (AvgIpc) is 2.73. The number of benzene rings is 3. The van der Waals surface area contributed by atoms with Gasteiger partial charge in [-0.25, -0.2) is 9.59 Å². The minimum Gasteiger partial charge on any atom is -0.430 e. The van der Waals surface area contributed by atoms with Crippen LogP contribution in [0.15, 0.2) is 73.8 Å². The molecule has 0 saturated heterocycles. The Bertz CT molecular complexity index is 913. The molecule has 0 radical (unpaired) electrons. The van der Waals surface area contributed by atoms with Gasteiger partial charge < -0.3 is 18.9 Å². The molecule has 0 aromatic heterocycles. The van der Waals surface area contributed by atoms with E-state index in [1.807, 2.05) is 0 Å². The summed E-state index contributed by atoms with van der Waals surface area (Å²) in [5, 5.41) is 2.35. The second kappa shape index (κ2) is 8.73. The van der Waals surface area contributed by atoms with E-state index in [0.29, 0.717) is 33.0 Å². The van der Waals surface area contributed by atoms with Gasteiger partial charge in [0.1, 0.15) is 24.7 Å². The van der Waals surface area contributed by atoms with Crippen LogP contribution in [-0.2, 0) is 9.47 Å². The number of hydrogen-bond acceptors (Lipinski definition) is 6. The van der Waals surface area contributed by atoms with Crippen LogP contribution in [0.5, 0.6) is 11.5 Å². The van der Waals surface area contributed by atoms with Gasteiger partial charge in [-0.1, -0.05) is 73.8 Å². The van der Waals surface area contributed by atoms with E-state index in [2.05, 4.69) is 13.2 Å². The van der Waals surface area contributed by atoms with Crippen LogP contribution < -0.4 is 9.47 Å². The summed E-state index contributed by atoms with van der Waals surface area (Å²) in [6, 6.07) is 14.2. The molecule has 0 atom stereocenters. The second-order valence-corrected chi connectivity index (χ2v) is 5.65. The third-order valence-corrected chi connectivity index (χ3v) is 3.84. The molecular formula is C22H18O6. The van der Waals surface area contributed by atoms with Gasteiger partial charge in [-0.3, -0.25) is 0 Å². The maximum atomic E-state index is 12.0. The van der Waals surface area contributed by atoms with Gasteiger partial charge in [0.2, 0.25) is 0 Å². The molecule has 6 heteroatoms. The minimum absolute atomic E-state index is 0.0328. The molecule has 3 rings (SSSR count). The molecule has 0 heterocycles. The lowest BCUT2D eigenvalue weighted by Crippen LogP contribution is -2.13. The Morgan fingerprint density at radius 3 is 1.29 bits per heavy atom. The molecule has 0 bridgehead atoms. The smallest absolute Gasteiger partial charge is 0.430 e. The van der Waals surface area contributed by atoms with E-state index in [1.54, 1.807) is 48.5 Å². The predicted molar refractivity (Wildman–Crippen MR) is 106 cm³/mol. The standard InChI is InChI=1S/C22H18O6/c1-3-13-25-21(23)27-19-15-9-5-7-11-17(15)20(28-22(24)26-14-4-2)18-12-8-6-10-16(18)19/h3-12H,1-2,13-14H2. The normalized spacial score (nSPS) is 10.3. The molecule has 0 N–H and O–H groups in total. The van der Waals surface area contributed by atoms with E-state index in [4.69, 9.17) is 18.9 Å². The Labute approximate surface area is 161 Å². The molecule has 0 aliphatic rings. The van der Waals surface area contributed by atoms with Gasteiger partial charge in [0.05, 0.1) is 0 Å². The number of carbonyl (C=O) groups excluding carboxylic acids is 2. The topological polar surface area (TPSA) is 71.1 Å². The summed E-state index contributed by atoms with van der Waals surface area (Å²) < 4.78 is 20.8. The van der Waals surface area contributed by atoms with Crippen molar-refractivity contribution >= 4 is 33.9 Å². The number of carbonyl (C=O) groups is 2. The van der Waals surface area contributed by atoms with Gasteiger partial charge >= 0.3 is 12.3 Å². The van der Waals surface area contributed by atoms with Gasteiger partial charge in [0.25, 0.3) is 0 Å². The summed E-state index contributed by atoms with van der Waals surface area (Å²) in [6.45, 7) is 7.07. The summed E-state index contributed by atoms with van der Waals surface area (Å²) in [7, 11) is 0. The third-order valence-electron chi connectivity index (χ3n) is 3.84. The van der Waals surface area contributed by atoms with Crippen LogP contribution in [0.3, 0.4) is 0 Å². The van der Waals surface area contributed by atoms with Crippen LogP contribution in [0.1, 0.15) is 0 Å². The summed E-state index contributed by atoms with van der Waals surface area (Å²) in [4.78, 5) is 24.1. The van der Waals surface area contributed by atoms with Crippen LogP contribution >= 0.6 is 0 Å². The zero-order valence-corrected chi connectivity index (χ0v) is 15.1. The molecule has 0 spiro atoms. The van der Waals surface area contributed by atoms with Gasteiger partial charge in [0, 0.05) is 21.5 Å². The highest BCUT2D eigenvalue weighted by molar-refractivity contribution is 6.12. The Morgan fingerprint density at radius 2 is 1.00 bits per heavy atom. The first kappa shape index (κ1) is 19.0. The van der Waals surface area contributed by atoms with Gasteiger partial charge in [0.15, 0.2) is 0 Å². The first-order valence-corrected chi connectivity index (χ1v) is 8.50. The number of ether oxygens (including phenoxy) is 4. The summed E-state index contributed by atoms with van der Waals surface area (Å²) >= 11 is 0. The van der Waals surface area contributed by atoms with Crippen molar-refractivity contribution in [2.24, 2.45) is 0 Å². The Hall–Kier alpha value is -3.80. The first-order chi connectivity index (χ1) is 13.7. The van der Waals surface area contributed by atoms with Crippen molar-refractivity contribution in [2.45, 2.75) is 0 Å². The monoisotopic (exact) mass is 378 g/mol. The van der Waals surface area contributed by atoms with Crippen molar-refractivity contribution in [3.63, 3.8) is 0 Å². The Balaban J connectivity index is 2.15. The van der Waals surface area contributed by atoms with E-state index in [0.717, 1.165) is 0 Å². The predicted octanol–water partition coefficient (Wildman–Crippen LogP) is 5.40. The molecule has 3 aromatic carbocycles. The highest BCUT2D eigenvalue weighted by atomic mass is 16.7. The van der Waals surface area contributed by atoms with Crippen LogP contribution in [-0.4, -0.2) is 25.5 Å². The fraction of sp³-hybridized carbons (Fsp3) is 0.0909. The number of rotatable bonds is 6. The molecule has 6 nitrogen and oxygen atoms in total. The van der Waals surface area contributed by atoms with Crippen LogP contribution in [0, 0.1) is 0 Å². The van der Waals surface area contributed by atoms with Crippen molar-refractivity contribution in [2.75, 3.05) is 13.2 Å². The van der Waals surface area contributed by atoms with Crippen molar-refractivity contribution in [3.05, 3.63) is 73.8 Å². The molecule has 0 aliphatic heterocycles. The highest BCUT2D eigenvalue weighted by Gasteiger charge is 2.20. The quantitative estimate of drug-likeness (QED) is 0.248. The maximum Gasteiger partial charge on any atom is 0.514 e. The molecule has 142 valence electrons. The van der Waals surface area contributed by atoms with E-state index >= 15 is 0 Å². The van der Waals surface area contributed by atoms with Crippen molar-refractivity contribution < 1.29 is 28.5 Å². The summed E-state index contributed by atoms with van der Waals surface area (Å²) in [6.07, 6.45) is 1.19. The summed E-state index contributed by atoms with van der Waals surface area (Å²) in [5.74, 6) is 0.624. The SMILES string of the molecule is C=CCOC(=O)Oc1c2ccccc2c(OC(=O)OCC=C)c2ccccc12. The number of hydrogen-bond donors (Lipinski definition) is 0. The number of fused-ring (bicyclic) bond motifs is 2. The fourth-order valence-corrected chi connectivity index (χ4v) is 2.75. The molecule has 0 amide bonds. The fourth-order valence-electron chi connectivity index (χ4n) is 2.75. The van der Waals surface area contributed by atoms with E-state index in [1.165, 1.54) is 12.2 Å².